The lowest BCUT2D eigenvalue weighted by atomic mass is 9.64. The van der Waals surface area contributed by atoms with Crippen molar-refractivity contribution in [2.45, 2.75) is 17.5 Å². The molecule has 7 rings (SSSR count). The molecule has 208 valence electrons. The molecule has 3 aliphatic heterocycles. The van der Waals surface area contributed by atoms with Crippen LogP contribution in [0.25, 0.3) is 6.08 Å². The molecule has 3 aliphatic rings. The fourth-order valence-electron chi connectivity index (χ4n) is 6.90. The van der Waals surface area contributed by atoms with Crippen LogP contribution in [0.1, 0.15) is 31.8 Å². The van der Waals surface area contributed by atoms with E-state index in [1.54, 1.807) is 49.6 Å². The second kappa shape index (κ2) is 9.96. The topological polar surface area (TPSA) is 75.7 Å². The van der Waals surface area contributed by atoms with Crippen molar-refractivity contribution in [2.75, 3.05) is 17.3 Å². The zero-order valence-electron chi connectivity index (χ0n) is 22.4. The number of hydrogen-bond donors (Lipinski definition) is 1. The quantitative estimate of drug-likeness (QED) is 0.239. The average Bonchev–Trinajstić information content (AvgIpc) is 3.49. The molecule has 4 atom stereocenters. The molecule has 1 saturated heterocycles. The molecule has 4 aromatic rings. The Kier molecular flexibility index (Phi) is 6.33. The Morgan fingerprint density at radius 3 is 2.40 bits per heavy atom. The van der Waals surface area contributed by atoms with Crippen LogP contribution in [-0.2, 0) is 10.2 Å². The van der Waals surface area contributed by atoms with Crippen molar-refractivity contribution in [3.63, 3.8) is 0 Å². The first-order chi connectivity index (χ1) is 20.4. The lowest BCUT2D eigenvalue weighted by Gasteiger charge is -2.37. The molecule has 8 heteroatoms. The summed E-state index contributed by atoms with van der Waals surface area (Å²) in [5, 5.41) is 3.54. The highest BCUT2D eigenvalue weighted by Crippen LogP contribution is 2.58. The van der Waals surface area contributed by atoms with Crippen molar-refractivity contribution < 1.29 is 19.1 Å². The maximum atomic E-state index is 14.8. The van der Waals surface area contributed by atoms with E-state index in [2.05, 4.69) is 21.2 Å². The lowest BCUT2D eigenvalue weighted by Crippen LogP contribution is -2.51. The molecule has 0 aliphatic carbocycles. The Morgan fingerprint density at radius 2 is 1.64 bits per heavy atom. The van der Waals surface area contributed by atoms with Gasteiger partial charge in [-0.1, -0.05) is 60.2 Å². The monoisotopic (exact) mass is 638 g/mol. The summed E-state index contributed by atoms with van der Waals surface area (Å²) in [6.07, 6.45) is 3.94. The molecule has 0 saturated carbocycles. The van der Waals surface area contributed by atoms with Crippen molar-refractivity contribution in [3.05, 3.63) is 129 Å². The SMILES string of the molecule is COc1ccc(C(=O)[C@@H]2[C@@H](C(=O)c3ccc(Cl)cc3)[C@]3(C(=O)Nc4ccccc43)[C@H]3C=Cc4ccccc4N23)cc1Br. The molecule has 1 spiro atoms. The van der Waals surface area contributed by atoms with Crippen LogP contribution >= 0.6 is 27.5 Å². The van der Waals surface area contributed by atoms with Crippen molar-refractivity contribution in [2.24, 2.45) is 5.92 Å². The number of rotatable bonds is 5. The maximum absolute atomic E-state index is 14.8. The Morgan fingerprint density at radius 1 is 0.929 bits per heavy atom. The van der Waals surface area contributed by atoms with Gasteiger partial charge in [-0.05, 0) is 81.7 Å². The van der Waals surface area contributed by atoms with E-state index in [1.165, 1.54) is 0 Å². The van der Waals surface area contributed by atoms with Gasteiger partial charge in [-0.25, -0.2) is 0 Å². The number of nitrogens with one attached hydrogen (secondary N) is 1. The third kappa shape index (κ3) is 3.73. The molecule has 0 unspecified atom stereocenters. The number of carbonyl (C=O) groups is 3. The minimum Gasteiger partial charge on any atom is -0.496 e. The van der Waals surface area contributed by atoms with E-state index in [1.807, 2.05) is 65.6 Å². The van der Waals surface area contributed by atoms with Gasteiger partial charge < -0.3 is 15.0 Å². The molecule has 42 heavy (non-hydrogen) atoms. The van der Waals surface area contributed by atoms with Gasteiger partial charge in [-0.2, -0.15) is 0 Å². The van der Waals surface area contributed by atoms with E-state index in [-0.39, 0.29) is 17.5 Å². The van der Waals surface area contributed by atoms with Gasteiger partial charge in [-0.3, -0.25) is 14.4 Å². The summed E-state index contributed by atoms with van der Waals surface area (Å²) in [7, 11) is 1.56. The second-order valence-corrected chi connectivity index (χ2v) is 11.9. The van der Waals surface area contributed by atoms with Gasteiger partial charge in [0.1, 0.15) is 17.2 Å². The molecule has 0 radical (unpaired) electrons. The molecule has 1 N–H and O–H groups in total. The summed E-state index contributed by atoms with van der Waals surface area (Å²) < 4.78 is 6.01. The number of ether oxygens (including phenoxy) is 1. The molecule has 1 fully saturated rings. The predicted molar refractivity (Wildman–Crippen MR) is 167 cm³/mol. The number of Topliss-reactive ketones (excluding diaryl/α,β-unsaturated/α-hetero) is 2. The Labute approximate surface area is 256 Å². The zero-order chi connectivity index (χ0) is 29.2. The Hall–Kier alpha value is -4.20. The molecule has 4 aromatic carbocycles. The predicted octanol–water partition coefficient (Wildman–Crippen LogP) is 6.97. The summed E-state index contributed by atoms with van der Waals surface area (Å²) in [5.41, 5.74) is 2.45. The summed E-state index contributed by atoms with van der Waals surface area (Å²) in [6.45, 7) is 0. The minimum atomic E-state index is -1.37. The van der Waals surface area contributed by atoms with Crippen LogP contribution in [0.15, 0.2) is 102 Å². The summed E-state index contributed by atoms with van der Waals surface area (Å²) in [6, 6.07) is 25.3. The molecular weight excluding hydrogens is 616 g/mol. The molecule has 1 amide bonds. The van der Waals surface area contributed by atoms with Crippen molar-refractivity contribution in [3.8, 4) is 5.75 Å². The van der Waals surface area contributed by atoms with E-state index in [0.29, 0.717) is 37.6 Å². The third-order valence-electron chi connectivity index (χ3n) is 8.66. The van der Waals surface area contributed by atoms with Crippen LogP contribution in [-0.4, -0.2) is 36.7 Å². The lowest BCUT2D eigenvalue weighted by molar-refractivity contribution is -0.121. The first-order valence-corrected chi connectivity index (χ1v) is 14.7. The van der Waals surface area contributed by atoms with Gasteiger partial charge in [0, 0.05) is 27.5 Å². The first-order valence-electron chi connectivity index (χ1n) is 13.5. The largest absolute Gasteiger partial charge is 0.496 e. The van der Waals surface area contributed by atoms with Crippen LogP contribution in [0.3, 0.4) is 0 Å². The van der Waals surface area contributed by atoms with Crippen LogP contribution in [0.2, 0.25) is 5.02 Å². The fourth-order valence-corrected chi connectivity index (χ4v) is 7.57. The molecule has 0 aromatic heterocycles. The number of halogens is 2. The second-order valence-electron chi connectivity index (χ2n) is 10.6. The number of hydrogen-bond acceptors (Lipinski definition) is 5. The highest BCUT2D eigenvalue weighted by atomic mass is 79.9. The number of carbonyl (C=O) groups excluding carboxylic acids is 3. The first kappa shape index (κ1) is 26.7. The number of anilines is 2. The standard InChI is InChI=1S/C34H24BrClN2O4/c1-42-27-16-12-21(18-24(27)35)32(40)30-29(31(39)20-10-14-22(36)15-11-20)34(23-7-3-4-8-25(23)37-33(34)41)28-17-13-19-6-2-5-9-26(19)38(28)30/h2-18,28-30H,1H3,(H,37,41)/t28-,29+,30+,34-/m1/s1. The van der Waals surface area contributed by atoms with E-state index < -0.39 is 23.4 Å². The van der Waals surface area contributed by atoms with Crippen LogP contribution in [0.4, 0.5) is 11.4 Å². The normalized spacial score (nSPS) is 23.3. The van der Waals surface area contributed by atoms with E-state index in [0.717, 1.165) is 11.3 Å². The minimum absolute atomic E-state index is 0.269. The number of nitrogens with zero attached hydrogens (tertiary/aromatic N) is 1. The van der Waals surface area contributed by atoms with Gasteiger partial charge in [0.25, 0.3) is 0 Å². The number of benzene rings is 4. The summed E-state index contributed by atoms with van der Waals surface area (Å²) >= 11 is 9.69. The fraction of sp³-hybridized carbons (Fsp3) is 0.147. The van der Waals surface area contributed by atoms with Gasteiger partial charge in [0.15, 0.2) is 11.6 Å². The number of methoxy groups -OCH3 is 1. The van der Waals surface area contributed by atoms with Crippen LogP contribution in [0, 0.1) is 5.92 Å². The van der Waals surface area contributed by atoms with Crippen molar-refractivity contribution in [1.82, 2.24) is 0 Å². The van der Waals surface area contributed by atoms with E-state index in [9.17, 15) is 14.4 Å². The zero-order valence-corrected chi connectivity index (χ0v) is 24.7. The Balaban J connectivity index is 1.52. The van der Waals surface area contributed by atoms with E-state index in [4.69, 9.17) is 16.3 Å². The molecule has 3 heterocycles. The number of ketones is 2. The molecule has 6 nitrogen and oxygen atoms in total. The summed E-state index contributed by atoms with van der Waals surface area (Å²) in [4.78, 5) is 45.9. The van der Waals surface area contributed by atoms with Gasteiger partial charge in [-0.15, -0.1) is 0 Å². The Bertz CT molecular complexity index is 1820. The number of amides is 1. The van der Waals surface area contributed by atoms with Crippen molar-refractivity contribution in [1.29, 1.82) is 0 Å². The highest BCUT2D eigenvalue weighted by molar-refractivity contribution is 9.10. The average molecular weight is 640 g/mol. The van der Waals surface area contributed by atoms with Crippen LogP contribution in [0.5, 0.6) is 5.75 Å². The molecule has 0 bridgehead atoms. The van der Waals surface area contributed by atoms with Gasteiger partial charge in [0.05, 0.1) is 23.5 Å². The number of para-hydroxylation sites is 2. The highest BCUT2D eigenvalue weighted by Gasteiger charge is 2.70. The van der Waals surface area contributed by atoms with Crippen LogP contribution < -0.4 is 15.0 Å². The number of fused-ring (bicyclic) bond motifs is 6. The van der Waals surface area contributed by atoms with Gasteiger partial charge >= 0.3 is 0 Å². The third-order valence-corrected chi connectivity index (χ3v) is 9.53. The summed E-state index contributed by atoms with van der Waals surface area (Å²) in [5.74, 6) is -1.35. The smallest absolute Gasteiger partial charge is 0.238 e. The van der Waals surface area contributed by atoms with Crippen molar-refractivity contribution >= 4 is 62.5 Å². The van der Waals surface area contributed by atoms with E-state index >= 15 is 0 Å². The molecular formula is C34H24BrClN2O4. The maximum Gasteiger partial charge on any atom is 0.238 e. The van der Waals surface area contributed by atoms with Gasteiger partial charge in [0.2, 0.25) is 5.91 Å².